The Kier molecular flexibility index (Phi) is 5.56. The lowest BCUT2D eigenvalue weighted by molar-refractivity contribution is -0.123. The topological polar surface area (TPSA) is 55.8 Å². The Hall–Kier alpha value is -2.53. The molecule has 1 amide bonds. The van der Waals surface area contributed by atoms with Gasteiger partial charge >= 0.3 is 0 Å². The summed E-state index contributed by atoms with van der Waals surface area (Å²) >= 11 is 0. The molecule has 5 nitrogen and oxygen atoms in total. The van der Waals surface area contributed by atoms with Gasteiger partial charge in [-0.05, 0) is 36.8 Å². The number of anilines is 1. The highest BCUT2D eigenvalue weighted by Gasteiger charge is 2.20. The van der Waals surface area contributed by atoms with E-state index in [1.165, 1.54) is 0 Å². The Balaban J connectivity index is 1.45. The summed E-state index contributed by atoms with van der Waals surface area (Å²) in [5, 5.41) is 12.4. The van der Waals surface area contributed by atoms with Crippen LogP contribution in [0.4, 0.5) is 5.69 Å². The highest BCUT2D eigenvalue weighted by Crippen LogP contribution is 2.19. The number of rotatable bonds is 5. The van der Waals surface area contributed by atoms with Gasteiger partial charge in [0, 0.05) is 31.9 Å². The number of carbonyl (C=O) groups excluding carboxylic acids is 1. The molecule has 132 valence electrons. The molecular formula is C20H25N3O2. The number of benzene rings is 2. The molecule has 1 atom stereocenters. The van der Waals surface area contributed by atoms with Crippen LogP contribution in [0, 0.1) is 0 Å². The van der Waals surface area contributed by atoms with Gasteiger partial charge in [-0.1, -0.05) is 30.3 Å². The second kappa shape index (κ2) is 8.03. The highest BCUT2D eigenvalue weighted by molar-refractivity contribution is 5.78. The fourth-order valence-electron chi connectivity index (χ4n) is 3.14. The van der Waals surface area contributed by atoms with E-state index in [1.54, 1.807) is 12.1 Å². The molecule has 0 spiro atoms. The quantitative estimate of drug-likeness (QED) is 0.878. The minimum Gasteiger partial charge on any atom is -0.508 e. The van der Waals surface area contributed by atoms with Gasteiger partial charge in [-0.25, -0.2) is 0 Å². The average Bonchev–Trinajstić information content (AvgIpc) is 2.64. The molecule has 1 heterocycles. The lowest BCUT2D eigenvalue weighted by Crippen LogP contribution is -2.49. The van der Waals surface area contributed by atoms with Crippen LogP contribution < -0.4 is 10.2 Å². The fraction of sp³-hybridized carbons (Fsp3) is 0.350. The normalized spacial score (nSPS) is 16.4. The summed E-state index contributed by atoms with van der Waals surface area (Å²) in [4.78, 5) is 16.8. The molecule has 1 aliphatic rings. The van der Waals surface area contributed by atoms with Crippen molar-refractivity contribution in [2.75, 3.05) is 37.6 Å². The number of phenolic OH excluding ortho intramolecular Hbond substituents is 1. The molecule has 0 aliphatic carbocycles. The smallest absolute Gasteiger partial charge is 0.234 e. The van der Waals surface area contributed by atoms with E-state index in [4.69, 9.17) is 0 Å². The maximum absolute atomic E-state index is 12.3. The van der Waals surface area contributed by atoms with Crippen molar-refractivity contribution in [3.05, 3.63) is 60.2 Å². The van der Waals surface area contributed by atoms with Crippen LogP contribution in [0.25, 0.3) is 0 Å². The van der Waals surface area contributed by atoms with Crippen LogP contribution in [-0.2, 0) is 4.79 Å². The van der Waals surface area contributed by atoms with Crippen molar-refractivity contribution in [3.63, 3.8) is 0 Å². The van der Waals surface area contributed by atoms with Gasteiger partial charge < -0.3 is 15.3 Å². The Morgan fingerprint density at radius 1 is 1.04 bits per heavy atom. The summed E-state index contributed by atoms with van der Waals surface area (Å²) in [6.07, 6.45) is 0. The molecule has 1 fully saturated rings. The molecule has 2 aromatic carbocycles. The van der Waals surface area contributed by atoms with Gasteiger partial charge in [0.1, 0.15) is 5.75 Å². The summed E-state index contributed by atoms with van der Waals surface area (Å²) < 4.78 is 0. The number of carbonyl (C=O) groups is 1. The standard InChI is InChI=1S/C20H25N3O2/c1-16(17-5-3-2-4-6-17)21-20(25)15-22-11-13-23(14-12-22)18-7-9-19(24)10-8-18/h2-10,16,24H,11-15H2,1H3,(H,21,25). The molecule has 2 aromatic rings. The monoisotopic (exact) mass is 339 g/mol. The van der Waals surface area contributed by atoms with E-state index in [0.29, 0.717) is 6.54 Å². The Bertz CT molecular complexity index is 680. The minimum absolute atomic E-state index is 0.0204. The van der Waals surface area contributed by atoms with Gasteiger partial charge in [0.15, 0.2) is 0 Å². The predicted molar refractivity (Wildman–Crippen MR) is 99.8 cm³/mol. The van der Waals surface area contributed by atoms with Crippen LogP contribution in [0.3, 0.4) is 0 Å². The predicted octanol–water partition coefficient (Wildman–Crippen LogP) is 2.39. The number of amides is 1. The van der Waals surface area contributed by atoms with Crippen molar-refractivity contribution in [1.82, 2.24) is 10.2 Å². The maximum atomic E-state index is 12.3. The fourth-order valence-corrected chi connectivity index (χ4v) is 3.14. The third-order valence-electron chi connectivity index (χ3n) is 4.63. The number of nitrogens with one attached hydrogen (secondary N) is 1. The Morgan fingerprint density at radius 2 is 1.68 bits per heavy atom. The second-order valence-corrected chi connectivity index (χ2v) is 6.48. The molecule has 1 saturated heterocycles. The van der Waals surface area contributed by atoms with Crippen molar-refractivity contribution in [2.45, 2.75) is 13.0 Å². The van der Waals surface area contributed by atoms with E-state index in [0.717, 1.165) is 37.4 Å². The maximum Gasteiger partial charge on any atom is 0.234 e. The average molecular weight is 339 g/mol. The largest absolute Gasteiger partial charge is 0.508 e. The lowest BCUT2D eigenvalue weighted by Gasteiger charge is -2.35. The van der Waals surface area contributed by atoms with E-state index in [2.05, 4.69) is 15.1 Å². The lowest BCUT2D eigenvalue weighted by atomic mass is 10.1. The first-order valence-electron chi connectivity index (χ1n) is 8.72. The highest BCUT2D eigenvalue weighted by atomic mass is 16.3. The number of aromatic hydroxyl groups is 1. The Labute approximate surface area is 148 Å². The summed E-state index contributed by atoms with van der Waals surface area (Å²) in [6.45, 7) is 5.91. The molecule has 0 saturated carbocycles. The van der Waals surface area contributed by atoms with Crippen LogP contribution in [-0.4, -0.2) is 48.6 Å². The summed E-state index contributed by atoms with van der Waals surface area (Å²) in [5.74, 6) is 0.348. The molecule has 1 aliphatic heterocycles. The van der Waals surface area contributed by atoms with Gasteiger partial charge in [0.25, 0.3) is 0 Å². The zero-order chi connectivity index (χ0) is 17.6. The number of hydrogen-bond acceptors (Lipinski definition) is 4. The van der Waals surface area contributed by atoms with E-state index in [9.17, 15) is 9.90 Å². The van der Waals surface area contributed by atoms with E-state index < -0.39 is 0 Å². The minimum atomic E-state index is 0.0204. The van der Waals surface area contributed by atoms with Crippen LogP contribution in [0.15, 0.2) is 54.6 Å². The molecule has 0 bridgehead atoms. The van der Waals surface area contributed by atoms with Gasteiger partial charge in [-0.3, -0.25) is 9.69 Å². The van der Waals surface area contributed by atoms with Crippen LogP contribution >= 0.6 is 0 Å². The van der Waals surface area contributed by atoms with Crippen molar-refractivity contribution >= 4 is 11.6 Å². The van der Waals surface area contributed by atoms with Crippen molar-refractivity contribution in [2.24, 2.45) is 0 Å². The molecule has 3 rings (SSSR count). The van der Waals surface area contributed by atoms with E-state index in [-0.39, 0.29) is 17.7 Å². The van der Waals surface area contributed by atoms with Crippen molar-refractivity contribution in [3.8, 4) is 5.75 Å². The summed E-state index contributed by atoms with van der Waals surface area (Å²) in [6, 6.07) is 17.3. The zero-order valence-electron chi connectivity index (χ0n) is 14.6. The van der Waals surface area contributed by atoms with Gasteiger partial charge in [0.2, 0.25) is 5.91 Å². The third kappa shape index (κ3) is 4.73. The van der Waals surface area contributed by atoms with Crippen LogP contribution in [0.5, 0.6) is 5.75 Å². The molecule has 25 heavy (non-hydrogen) atoms. The molecular weight excluding hydrogens is 314 g/mol. The SMILES string of the molecule is CC(NC(=O)CN1CCN(c2ccc(O)cc2)CC1)c1ccccc1. The number of nitrogens with zero attached hydrogens (tertiary/aromatic N) is 2. The summed E-state index contributed by atoms with van der Waals surface area (Å²) in [5.41, 5.74) is 2.23. The first-order chi connectivity index (χ1) is 12.1. The Morgan fingerprint density at radius 3 is 2.32 bits per heavy atom. The van der Waals surface area contributed by atoms with Gasteiger partial charge in [-0.2, -0.15) is 0 Å². The number of piperazine rings is 1. The molecule has 5 heteroatoms. The molecule has 2 N–H and O–H groups in total. The molecule has 0 radical (unpaired) electrons. The number of phenols is 1. The van der Waals surface area contributed by atoms with Crippen LogP contribution in [0.1, 0.15) is 18.5 Å². The van der Waals surface area contributed by atoms with E-state index in [1.807, 2.05) is 49.4 Å². The van der Waals surface area contributed by atoms with Crippen molar-refractivity contribution in [1.29, 1.82) is 0 Å². The zero-order valence-corrected chi connectivity index (χ0v) is 14.6. The third-order valence-corrected chi connectivity index (χ3v) is 4.63. The second-order valence-electron chi connectivity index (χ2n) is 6.48. The first kappa shape index (κ1) is 17.3. The van der Waals surface area contributed by atoms with Gasteiger partial charge in [-0.15, -0.1) is 0 Å². The van der Waals surface area contributed by atoms with Gasteiger partial charge in [0.05, 0.1) is 12.6 Å². The molecule has 1 unspecified atom stereocenters. The van der Waals surface area contributed by atoms with E-state index >= 15 is 0 Å². The van der Waals surface area contributed by atoms with Crippen LogP contribution in [0.2, 0.25) is 0 Å². The summed E-state index contributed by atoms with van der Waals surface area (Å²) in [7, 11) is 0. The van der Waals surface area contributed by atoms with Crippen molar-refractivity contribution < 1.29 is 9.90 Å². The first-order valence-corrected chi connectivity index (χ1v) is 8.72. The molecule has 0 aromatic heterocycles. The number of hydrogen-bond donors (Lipinski definition) is 2.